The molecule has 2 aromatic rings. The summed E-state index contributed by atoms with van der Waals surface area (Å²) in [5.41, 5.74) is 1.57. The molecule has 5 nitrogen and oxygen atoms in total. The van der Waals surface area contributed by atoms with Gasteiger partial charge in [-0.05, 0) is 67.6 Å². The molecule has 2 heterocycles. The van der Waals surface area contributed by atoms with Crippen molar-refractivity contribution in [3.8, 4) is 11.5 Å². The molecule has 0 aromatic heterocycles. The Bertz CT molecular complexity index is 971. The number of benzene rings is 2. The summed E-state index contributed by atoms with van der Waals surface area (Å²) >= 11 is 7.48. The van der Waals surface area contributed by atoms with Gasteiger partial charge in [0.25, 0.3) is 5.91 Å². The Morgan fingerprint density at radius 2 is 2.00 bits per heavy atom. The van der Waals surface area contributed by atoms with Crippen LogP contribution >= 0.6 is 23.4 Å². The van der Waals surface area contributed by atoms with Crippen LogP contribution in [0.4, 0.5) is 5.69 Å². The van der Waals surface area contributed by atoms with Crippen molar-refractivity contribution in [3.63, 3.8) is 0 Å². The third kappa shape index (κ3) is 3.68. The molecule has 0 N–H and O–H groups in total. The molecule has 1 saturated heterocycles. The number of carbonyl (C=O) groups excluding carboxylic acids is 1. The average Bonchev–Trinajstić information content (AvgIpc) is 3.19. The fraction of sp³-hybridized carbons (Fsp3) is 0.200. The predicted octanol–water partition coefficient (Wildman–Crippen LogP) is 4.95. The van der Waals surface area contributed by atoms with E-state index in [-0.39, 0.29) is 18.7 Å². The van der Waals surface area contributed by atoms with Gasteiger partial charge < -0.3 is 9.47 Å². The van der Waals surface area contributed by atoms with Crippen LogP contribution in [0, 0.1) is 0 Å². The second-order valence-electron chi connectivity index (χ2n) is 6.35. The topological polar surface area (TPSA) is 51.1 Å². The molecule has 0 radical (unpaired) electrons. The minimum atomic E-state index is -0.126. The molecular weight excluding hydrogens is 384 g/mol. The molecule has 2 aliphatic heterocycles. The summed E-state index contributed by atoms with van der Waals surface area (Å²) < 4.78 is 10.8. The minimum absolute atomic E-state index is 0.0619. The number of aliphatic imine (C=N–C) groups is 1. The van der Waals surface area contributed by atoms with Gasteiger partial charge in [-0.1, -0.05) is 23.7 Å². The van der Waals surface area contributed by atoms with Crippen molar-refractivity contribution >= 4 is 46.2 Å². The molecule has 4 rings (SSSR count). The Hall–Kier alpha value is -2.44. The van der Waals surface area contributed by atoms with E-state index in [2.05, 4.69) is 4.99 Å². The summed E-state index contributed by atoms with van der Waals surface area (Å²) in [6.07, 6.45) is 1.84. The summed E-state index contributed by atoms with van der Waals surface area (Å²) in [7, 11) is 0. The highest BCUT2D eigenvalue weighted by Crippen LogP contribution is 2.38. The summed E-state index contributed by atoms with van der Waals surface area (Å²) in [6.45, 7) is 4.18. The molecule has 2 aliphatic rings. The number of ether oxygens (including phenoxy) is 2. The number of hydrogen-bond donors (Lipinski definition) is 0. The number of anilines is 1. The molecule has 0 spiro atoms. The van der Waals surface area contributed by atoms with Crippen molar-refractivity contribution in [2.75, 3.05) is 11.7 Å². The highest BCUT2D eigenvalue weighted by molar-refractivity contribution is 8.19. The van der Waals surface area contributed by atoms with E-state index in [0.717, 1.165) is 5.56 Å². The van der Waals surface area contributed by atoms with E-state index >= 15 is 0 Å². The van der Waals surface area contributed by atoms with E-state index in [4.69, 9.17) is 21.1 Å². The maximum Gasteiger partial charge on any atom is 0.271 e. The first kappa shape index (κ1) is 17.9. The molecule has 138 valence electrons. The third-order valence-corrected chi connectivity index (χ3v) is 5.15. The van der Waals surface area contributed by atoms with Crippen LogP contribution in [0.15, 0.2) is 52.4 Å². The smallest absolute Gasteiger partial charge is 0.271 e. The number of halogens is 1. The summed E-state index contributed by atoms with van der Waals surface area (Å²) in [4.78, 5) is 19.9. The Morgan fingerprint density at radius 1 is 1.19 bits per heavy atom. The van der Waals surface area contributed by atoms with Crippen LogP contribution in [0.25, 0.3) is 6.08 Å². The van der Waals surface area contributed by atoms with E-state index < -0.39 is 0 Å². The number of amidine groups is 1. The van der Waals surface area contributed by atoms with Crippen LogP contribution in [0.3, 0.4) is 0 Å². The monoisotopic (exact) mass is 400 g/mol. The zero-order chi connectivity index (χ0) is 19.0. The van der Waals surface area contributed by atoms with Gasteiger partial charge in [0.1, 0.15) is 0 Å². The van der Waals surface area contributed by atoms with Crippen molar-refractivity contribution in [1.82, 2.24) is 0 Å². The van der Waals surface area contributed by atoms with E-state index in [0.29, 0.717) is 32.3 Å². The first-order valence-corrected chi connectivity index (χ1v) is 9.68. The lowest BCUT2D eigenvalue weighted by Gasteiger charge is -2.16. The Labute approximate surface area is 166 Å². The Morgan fingerprint density at radius 3 is 2.78 bits per heavy atom. The molecule has 0 aliphatic carbocycles. The number of hydrogen-bond acceptors (Lipinski definition) is 5. The lowest BCUT2D eigenvalue weighted by molar-refractivity contribution is -0.113. The van der Waals surface area contributed by atoms with E-state index in [1.54, 1.807) is 17.0 Å². The SMILES string of the molecule is CC(C)/N=C1\S/C(=C\c2ccc3c(c2)OCO3)C(=O)N1c1cccc(Cl)c1. The Balaban J connectivity index is 1.72. The van der Waals surface area contributed by atoms with Crippen LogP contribution < -0.4 is 14.4 Å². The number of amides is 1. The van der Waals surface area contributed by atoms with Gasteiger partial charge in [0.05, 0.1) is 10.6 Å². The summed E-state index contributed by atoms with van der Waals surface area (Å²) in [5, 5.41) is 1.21. The largest absolute Gasteiger partial charge is 0.454 e. The molecule has 0 atom stereocenters. The first-order chi connectivity index (χ1) is 13.0. The van der Waals surface area contributed by atoms with Gasteiger partial charge in [0.15, 0.2) is 16.7 Å². The maximum absolute atomic E-state index is 13.1. The van der Waals surface area contributed by atoms with E-state index in [1.807, 2.05) is 50.3 Å². The maximum atomic E-state index is 13.1. The number of nitrogens with zero attached hydrogens (tertiary/aromatic N) is 2. The highest BCUT2D eigenvalue weighted by atomic mass is 35.5. The van der Waals surface area contributed by atoms with Crippen molar-refractivity contribution < 1.29 is 14.3 Å². The molecular formula is C20H17ClN2O3S. The summed E-state index contributed by atoms with van der Waals surface area (Å²) in [5.74, 6) is 1.27. The average molecular weight is 401 g/mol. The molecule has 2 aromatic carbocycles. The number of thioether (sulfide) groups is 1. The minimum Gasteiger partial charge on any atom is -0.454 e. The quantitative estimate of drug-likeness (QED) is 0.684. The van der Waals surface area contributed by atoms with Crippen molar-refractivity contribution in [2.45, 2.75) is 19.9 Å². The van der Waals surface area contributed by atoms with Gasteiger partial charge in [0.2, 0.25) is 6.79 Å². The molecule has 1 amide bonds. The zero-order valence-electron chi connectivity index (χ0n) is 14.8. The van der Waals surface area contributed by atoms with Crippen molar-refractivity contribution in [2.24, 2.45) is 4.99 Å². The van der Waals surface area contributed by atoms with Crippen LogP contribution in [0.1, 0.15) is 19.4 Å². The molecule has 0 saturated carbocycles. The van der Waals surface area contributed by atoms with Crippen LogP contribution in [-0.4, -0.2) is 23.9 Å². The third-order valence-electron chi connectivity index (χ3n) is 3.94. The van der Waals surface area contributed by atoms with E-state index in [1.165, 1.54) is 11.8 Å². The number of fused-ring (bicyclic) bond motifs is 1. The fourth-order valence-corrected chi connectivity index (χ4v) is 4.08. The van der Waals surface area contributed by atoms with Gasteiger partial charge in [0, 0.05) is 11.1 Å². The van der Waals surface area contributed by atoms with Gasteiger partial charge in [-0.3, -0.25) is 14.7 Å². The molecule has 27 heavy (non-hydrogen) atoms. The van der Waals surface area contributed by atoms with Gasteiger partial charge in [-0.15, -0.1) is 0 Å². The summed E-state index contributed by atoms with van der Waals surface area (Å²) in [6, 6.07) is 12.9. The highest BCUT2D eigenvalue weighted by Gasteiger charge is 2.35. The number of carbonyl (C=O) groups is 1. The van der Waals surface area contributed by atoms with Crippen LogP contribution in [0.2, 0.25) is 5.02 Å². The van der Waals surface area contributed by atoms with Crippen LogP contribution in [-0.2, 0) is 4.79 Å². The predicted molar refractivity (Wildman–Crippen MR) is 110 cm³/mol. The normalized spacial score (nSPS) is 19.0. The standard InChI is InChI=1S/C20H17ClN2O3S/c1-12(2)22-20-23(15-5-3-4-14(21)10-15)19(24)18(27-20)9-13-6-7-16-17(8-13)26-11-25-16/h3-10,12H,11H2,1-2H3/b18-9-,22-20-. The molecule has 0 bridgehead atoms. The molecule has 7 heteroatoms. The Kier molecular flexibility index (Phi) is 4.85. The van der Waals surface area contributed by atoms with E-state index in [9.17, 15) is 4.79 Å². The lowest BCUT2D eigenvalue weighted by Crippen LogP contribution is -2.29. The van der Waals surface area contributed by atoms with Gasteiger partial charge >= 0.3 is 0 Å². The van der Waals surface area contributed by atoms with Crippen LogP contribution in [0.5, 0.6) is 11.5 Å². The van der Waals surface area contributed by atoms with Crippen molar-refractivity contribution in [3.05, 3.63) is 58.0 Å². The van der Waals surface area contributed by atoms with Gasteiger partial charge in [-0.2, -0.15) is 0 Å². The molecule has 0 unspecified atom stereocenters. The first-order valence-electron chi connectivity index (χ1n) is 8.48. The fourth-order valence-electron chi connectivity index (χ4n) is 2.78. The van der Waals surface area contributed by atoms with Crippen molar-refractivity contribution in [1.29, 1.82) is 0 Å². The van der Waals surface area contributed by atoms with Gasteiger partial charge in [-0.25, -0.2) is 0 Å². The molecule has 1 fully saturated rings. The second-order valence-corrected chi connectivity index (χ2v) is 7.79. The lowest BCUT2D eigenvalue weighted by atomic mass is 10.2. The zero-order valence-corrected chi connectivity index (χ0v) is 16.4. The number of rotatable bonds is 3. The second kappa shape index (κ2) is 7.29.